The Morgan fingerprint density at radius 3 is 2.80 bits per heavy atom. The first-order valence-corrected chi connectivity index (χ1v) is 6.26. The van der Waals surface area contributed by atoms with Crippen molar-refractivity contribution in [2.45, 2.75) is 6.54 Å². The van der Waals surface area contributed by atoms with Gasteiger partial charge in [0.1, 0.15) is 5.82 Å². The van der Waals surface area contributed by atoms with Crippen molar-refractivity contribution >= 4 is 44.7 Å². The summed E-state index contributed by atoms with van der Waals surface area (Å²) in [5, 5.41) is 13.3. The minimum atomic E-state index is 0.401. The van der Waals surface area contributed by atoms with Crippen LogP contribution in [0.15, 0.2) is 28.1 Å². The van der Waals surface area contributed by atoms with Crippen LogP contribution in [0, 0.1) is 0 Å². The van der Waals surface area contributed by atoms with Crippen LogP contribution in [0.2, 0.25) is 5.15 Å². The van der Waals surface area contributed by atoms with Gasteiger partial charge in [0, 0.05) is 9.35 Å². The Balaban J connectivity index is 1.99. The summed E-state index contributed by atoms with van der Waals surface area (Å²) < 4.78 is 1.11. The Morgan fingerprint density at radius 1 is 1.33 bits per heavy atom. The first-order chi connectivity index (χ1) is 7.25. The van der Waals surface area contributed by atoms with Crippen LogP contribution in [0.3, 0.4) is 0 Å². The fourth-order valence-corrected chi connectivity index (χ4v) is 2.57. The molecule has 3 nitrogen and oxygen atoms in total. The van der Waals surface area contributed by atoms with Gasteiger partial charge in [0.25, 0.3) is 0 Å². The van der Waals surface area contributed by atoms with Gasteiger partial charge >= 0.3 is 0 Å². The number of rotatable bonds is 3. The summed E-state index contributed by atoms with van der Waals surface area (Å²) in [5.74, 6) is 0.722. The van der Waals surface area contributed by atoms with Gasteiger partial charge in [-0.2, -0.15) is 0 Å². The summed E-state index contributed by atoms with van der Waals surface area (Å²) in [7, 11) is 0. The highest BCUT2D eigenvalue weighted by atomic mass is 79.9. The van der Waals surface area contributed by atoms with Gasteiger partial charge in [-0.25, -0.2) is 0 Å². The van der Waals surface area contributed by atoms with Crippen LogP contribution in [-0.2, 0) is 6.54 Å². The van der Waals surface area contributed by atoms with Crippen LogP contribution in [0.25, 0.3) is 0 Å². The maximum atomic E-state index is 5.63. The molecule has 0 atom stereocenters. The molecule has 0 saturated carbocycles. The highest BCUT2D eigenvalue weighted by Gasteiger charge is 2.01. The second kappa shape index (κ2) is 4.92. The molecular weight excluding hydrogens is 298 g/mol. The summed E-state index contributed by atoms with van der Waals surface area (Å²) in [4.78, 5) is 1.23. The van der Waals surface area contributed by atoms with Crippen LogP contribution in [0.1, 0.15) is 4.88 Å². The van der Waals surface area contributed by atoms with Crippen LogP contribution in [0.4, 0.5) is 5.82 Å². The molecule has 0 amide bonds. The van der Waals surface area contributed by atoms with E-state index in [4.69, 9.17) is 11.6 Å². The zero-order valence-electron chi connectivity index (χ0n) is 7.58. The van der Waals surface area contributed by atoms with Crippen molar-refractivity contribution in [2.75, 3.05) is 5.32 Å². The molecule has 0 aliphatic heterocycles. The van der Waals surface area contributed by atoms with E-state index in [9.17, 15) is 0 Å². The molecule has 2 heterocycles. The Morgan fingerprint density at radius 2 is 2.20 bits per heavy atom. The van der Waals surface area contributed by atoms with E-state index < -0.39 is 0 Å². The molecule has 0 saturated heterocycles. The smallest absolute Gasteiger partial charge is 0.151 e. The lowest BCUT2D eigenvalue weighted by atomic mass is 10.4. The Hall–Kier alpha value is -0.650. The number of nitrogens with zero attached hydrogens (tertiary/aromatic N) is 2. The van der Waals surface area contributed by atoms with Gasteiger partial charge in [-0.1, -0.05) is 11.6 Å². The number of aromatic nitrogens is 2. The highest BCUT2D eigenvalue weighted by molar-refractivity contribution is 9.10. The predicted molar refractivity (Wildman–Crippen MR) is 66.4 cm³/mol. The van der Waals surface area contributed by atoms with E-state index in [1.165, 1.54) is 4.88 Å². The quantitative estimate of drug-likeness (QED) is 0.942. The minimum absolute atomic E-state index is 0.401. The molecule has 0 aliphatic rings. The second-order valence-electron chi connectivity index (χ2n) is 2.79. The number of thiophene rings is 1. The molecule has 0 aromatic carbocycles. The first-order valence-electron chi connectivity index (χ1n) is 4.20. The standard InChI is InChI=1S/C9H7BrClN3S/c10-6-3-4-15-7(6)5-12-9-2-1-8(11)13-14-9/h1-4H,5H2,(H,12,14). The lowest BCUT2D eigenvalue weighted by molar-refractivity contribution is 1.01. The summed E-state index contributed by atoms with van der Waals surface area (Å²) >= 11 is 10.8. The van der Waals surface area contributed by atoms with Crippen LogP contribution < -0.4 is 5.32 Å². The molecule has 2 aromatic rings. The van der Waals surface area contributed by atoms with Crippen molar-refractivity contribution < 1.29 is 0 Å². The summed E-state index contributed by atoms with van der Waals surface area (Å²) in [5.41, 5.74) is 0. The molecule has 2 rings (SSSR count). The lowest BCUT2D eigenvalue weighted by Crippen LogP contribution is -2.00. The van der Waals surface area contributed by atoms with E-state index in [1.807, 2.05) is 11.4 Å². The SMILES string of the molecule is Clc1ccc(NCc2sccc2Br)nn1. The summed E-state index contributed by atoms with van der Waals surface area (Å²) in [6, 6.07) is 5.53. The van der Waals surface area contributed by atoms with Crippen molar-refractivity contribution in [3.63, 3.8) is 0 Å². The first kappa shape index (κ1) is 10.9. The third kappa shape index (κ3) is 2.90. The zero-order valence-corrected chi connectivity index (χ0v) is 10.7. The van der Waals surface area contributed by atoms with E-state index in [1.54, 1.807) is 23.5 Å². The van der Waals surface area contributed by atoms with Gasteiger partial charge in [-0.15, -0.1) is 21.5 Å². The minimum Gasteiger partial charge on any atom is -0.364 e. The van der Waals surface area contributed by atoms with E-state index >= 15 is 0 Å². The average Bonchev–Trinajstić information content (AvgIpc) is 2.63. The van der Waals surface area contributed by atoms with Crippen LogP contribution in [0.5, 0.6) is 0 Å². The van der Waals surface area contributed by atoms with Gasteiger partial charge in [-0.05, 0) is 39.5 Å². The third-order valence-electron chi connectivity index (χ3n) is 1.75. The normalized spacial score (nSPS) is 10.3. The van der Waals surface area contributed by atoms with Gasteiger partial charge < -0.3 is 5.32 Å². The fourth-order valence-electron chi connectivity index (χ4n) is 1.03. The summed E-state index contributed by atoms with van der Waals surface area (Å²) in [6.45, 7) is 0.731. The summed E-state index contributed by atoms with van der Waals surface area (Å²) in [6.07, 6.45) is 0. The van der Waals surface area contributed by atoms with E-state index in [2.05, 4.69) is 31.4 Å². The zero-order chi connectivity index (χ0) is 10.7. The maximum absolute atomic E-state index is 5.63. The van der Waals surface area contributed by atoms with Crippen LogP contribution in [-0.4, -0.2) is 10.2 Å². The van der Waals surface area contributed by atoms with Gasteiger partial charge in [-0.3, -0.25) is 0 Å². The molecule has 0 bridgehead atoms. The number of hydrogen-bond donors (Lipinski definition) is 1. The number of hydrogen-bond acceptors (Lipinski definition) is 4. The number of halogens is 2. The second-order valence-corrected chi connectivity index (χ2v) is 5.03. The molecule has 6 heteroatoms. The van der Waals surface area contributed by atoms with Crippen molar-refractivity contribution in [1.29, 1.82) is 0 Å². The molecular formula is C9H7BrClN3S. The monoisotopic (exact) mass is 303 g/mol. The van der Waals surface area contributed by atoms with Crippen molar-refractivity contribution in [1.82, 2.24) is 10.2 Å². The molecule has 0 unspecified atom stereocenters. The van der Waals surface area contributed by atoms with E-state index in [-0.39, 0.29) is 0 Å². The van der Waals surface area contributed by atoms with E-state index in [0.717, 1.165) is 16.8 Å². The molecule has 15 heavy (non-hydrogen) atoms. The molecule has 0 fully saturated rings. The lowest BCUT2D eigenvalue weighted by Gasteiger charge is -2.02. The molecule has 2 aromatic heterocycles. The molecule has 1 N–H and O–H groups in total. The molecule has 0 radical (unpaired) electrons. The Bertz CT molecular complexity index is 443. The van der Waals surface area contributed by atoms with E-state index in [0.29, 0.717) is 5.15 Å². The largest absolute Gasteiger partial charge is 0.364 e. The Kier molecular flexibility index (Phi) is 3.56. The highest BCUT2D eigenvalue weighted by Crippen LogP contribution is 2.23. The fraction of sp³-hybridized carbons (Fsp3) is 0.111. The number of anilines is 1. The van der Waals surface area contributed by atoms with Crippen molar-refractivity contribution in [3.05, 3.63) is 38.1 Å². The van der Waals surface area contributed by atoms with Gasteiger partial charge in [0.15, 0.2) is 5.15 Å². The van der Waals surface area contributed by atoms with Crippen molar-refractivity contribution in [3.8, 4) is 0 Å². The van der Waals surface area contributed by atoms with Crippen LogP contribution >= 0.6 is 38.9 Å². The molecule has 78 valence electrons. The average molecular weight is 305 g/mol. The molecule has 0 aliphatic carbocycles. The topological polar surface area (TPSA) is 37.8 Å². The van der Waals surface area contributed by atoms with Crippen molar-refractivity contribution in [2.24, 2.45) is 0 Å². The Labute approximate surface area is 105 Å². The third-order valence-corrected chi connectivity index (χ3v) is 3.88. The molecule has 0 spiro atoms. The number of nitrogens with one attached hydrogen (secondary N) is 1. The predicted octanol–water partition coefficient (Wildman–Crippen LogP) is 3.57. The van der Waals surface area contributed by atoms with Gasteiger partial charge in [0.2, 0.25) is 0 Å². The maximum Gasteiger partial charge on any atom is 0.151 e. The van der Waals surface area contributed by atoms with Gasteiger partial charge in [0.05, 0.1) is 6.54 Å².